The van der Waals surface area contributed by atoms with Crippen molar-refractivity contribution in [1.82, 2.24) is 4.90 Å². The number of urea groups is 1. The molecule has 1 unspecified atom stereocenters. The van der Waals surface area contributed by atoms with Crippen LogP contribution in [0.15, 0.2) is 54.6 Å². The molecule has 152 valence electrons. The molecule has 1 aliphatic rings. The first-order chi connectivity index (χ1) is 14.0. The number of amides is 3. The molecular formula is C21H23N3O5. The summed E-state index contributed by atoms with van der Waals surface area (Å²) in [7, 11) is 0. The molecule has 0 spiro atoms. The lowest BCUT2D eigenvalue weighted by Gasteiger charge is -2.32. The van der Waals surface area contributed by atoms with Gasteiger partial charge in [-0.1, -0.05) is 24.3 Å². The number of rotatable bonds is 6. The molecule has 8 nitrogen and oxygen atoms in total. The highest BCUT2D eigenvalue weighted by molar-refractivity contribution is 5.94. The number of nitrogens with one attached hydrogen (secondary N) is 2. The molecule has 1 aliphatic heterocycles. The van der Waals surface area contributed by atoms with E-state index in [0.29, 0.717) is 36.6 Å². The number of likely N-dealkylation sites (tertiary alicyclic amines) is 1. The van der Waals surface area contributed by atoms with Crippen molar-refractivity contribution < 1.29 is 24.2 Å². The molecule has 0 saturated carbocycles. The molecule has 0 aliphatic carbocycles. The van der Waals surface area contributed by atoms with Crippen LogP contribution in [0.2, 0.25) is 0 Å². The maximum Gasteiger partial charge on any atom is 0.341 e. The number of hydrogen-bond donors (Lipinski definition) is 3. The molecule has 0 aromatic heterocycles. The quantitative estimate of drug-likeness (QED) is 0.694. The summed E-state index contributed by atoms with van der Waals surface area (Å²) in [5.41, 5.74) is 1.23. The number of carbonyl (C=O) groups excluding carboxylic acids is 2. The molecule has 3 N–H and O–H groups in total. The van der Waals surface area contributed by atoms with Crippen LogP contribution < -0.4 is 15.4 Å². The number of carboxylic acids is 1. The van der Waals surface area contributed by atoms with Gasteiger partial charge in [0.1, 0.15) is 5.75 Å². The van der Waals surface area contributed by atoms with Crippen molar-refractivity contribution >= 4 is 29.3 Å². The molecule has 2 aromatic rings. The van der Waals surface area contributed by atoms with Crippen molar-refractivity contribution in [2.45, 2.75) is 12.8 Å². The number of anilines is 2. The van der Waals surface area contributed by atoms with Crippen molar-refractivity contribution in [2.75, 3.05) is 30.3 Å². The Labute approximate surface area is 168 Å². The lowest BCUT2D eigenvalue weighted by molar-refractivity contribution is -0.139. The Bertz CT molecular complexity index is 872. The van der Waals surface area contributed by atoms with Crippen molar-refractivity contribution in [2.24, 2.45) is 5.92 Å². The van der Waals surface area contributed by atoms with Gasteiger partial charge >= 0.3 is 12.0 Å². The van der Waals surface area contributed by atoms with E-state index in [2.05, 4.69) is 10.6 Å². The van der Waals surface area contributed by atoms with E-state index < -0.39 is 12.6 Å². The van der Waals surface area contributed by atoms with Crippen molar-refractivity contribution in [3.63, 3.8) is 0 Å². The molecule has 2 aromatic carbocycles. The van der Waals surface area contributed by atoms with Crippen LogP contribution in [0.25, 0.3) is 0 Å². The number of hydrogen-bond acceptors (Lipinski definition) is 4. The van der Waals surface area contributed by atoms with Crippen LogP contribution in [0.4, 0.5) is 16.2 Å². The molecule has 3 rings (SSSR count). The summed E-state index contributed by atoms with van der Waals surface area (Å²) >= 11 is 0. The van der Waals surface area contributed by atoms with Gasteiger partial charge in [-0.25, -0.2) is 9.59 Å². The summed E-state index contributed by atoms with van der Waals surface area (Å²) in [6, 6.07) is 15.5. The molecule has 1 heterocycles. The van der Waals surface area contributed by atoms with Crippen LogP contribution in [0.3, 0.4) is 0 Å². The van der Waals surface area contributed by atoms with Crippen molar-refractivity contribution in [1.29, 1.82) is 0 Å². The zero-order valence-corrected chi connectivity index (χ0v) is 15.8. The zero-order valence-electron chi connectivity index (χ0n) is 15.8. The third-order valence-corrected chi connectivity index (χ3v) is 4.57. The monoisotopic (exact) mass is 397 g/mol. The third-order valence-electron chi connectivity index (χ3n) is 4.57. The summed E-state index contributed by atoms with van der Waals surface area (Å²) in [6.45, 7) is 0.478. The van der Waals surface area contributed by atoms with Crippen LogP contribution in [0, 0.1) is 5.92 Å². The van der Waals surface area contributed by atoms with Gasteiger partial charge in [-0.2, -0.15) is 0 Å². The van der Waals surface area contributed by atoms with E-state index in [0.717, 1.165) is 6.42 Å². The van der Waals surface area contributed by atoms with E-state index in [-0.39, 0.29) is 17.9 Å². The lowest BCUT2D eigenvalue weighted by atomic mass is 9.97. The first kappa shape index (κ1) is 20.2. The van der Waals surface area contributed by atoms with Gasteiger partial charge in [0, 0.05) is 30.5 Å². The second kappa shape index (κ2) is 9.59. The van der Waals surface area contributed by atoms with Gasteiger partial charge < -0.3 is 25.4 Å². The van der Waals surface area contributed by atoms with Gasteiger partial charge in [-0.15, -0.1) is 0 Å². The molecule has 1 fully saturated rings. The number of ether oxygens (including phenoxy) is 1. The number of piperidine rings is 1. The van der Waals surface area contributed by atoms with Crippen LogP contribution in [0.1, 0.15) is 12.8 Å². The van der Waals surface area contributed by atoms with Crippen molar-refractivity contribution in [3.05, 3.63) is 54.6 Å². The largest absolute Gasteiger partial charge is 0.482 e. The van der Waals surface area contributed by atoms with Gasteiger partial charge in [-0.3, -0.25) is 4.79 Å². The molecule has 8 heteroatoms. The highest BCUT2D eigenvalue weighted by Crippen LogP contribution is 2.22. The minimum atomic E-state index is -1.07. The smallest absolute Gasteiger partial charge is 0.341 e. The molecule has 3 amide bonds. The first-order valence-corrected chi connectivity index (χ1v) is 9.38. The minimum absolute atomic E-state index is 0.183. The summed E-state index contributed by atoms with van der Waals surface area (Å²) in [5.74, 6) is -1.22. The van der Waals surface area contributed by atoms with Gasteiger partial charge in [0.15, 0.2) is 6.61 Å². The lowest BCUT2D eigenvalue weighted by Crippen LogP contribution is -2.45. The van der Waals surface area contributed by atoms with E-state index in [9.17, 15) is 14.4 Å². The summed E-state index contributed by atoms with van der Waals surface area (Å²) in [5, 5.41) is 14.4. The highest BCUT2D eigenvalue weighted by atomic mass is 16.5. The summed E-state index contributed by atoms with van der Waals surface area (Å²) in [4.78, 5) is 37.4. The Morgan fingerprint density at radius 2 is 1.79 bits per heavy atom. The zero-order chi connectivity index (χ0) is 20.6. The average molecular weight is 397 g/mol. The van der Waals surface area contributed by atoms with E-state index >= 15 is 0 Å². The van der Waals surface area contributed by atoms with Crippen LogP contribution in [-0.4, -0.2) is 47.6 Å². The predicted molar refractivity (Wildman–Crippen MR) is 108 cm³/mol. The van der Waals surface area contributed by atoms with E-state index in [4.69, 9.17) is 9.84 Å². The van der Waals surface area contributed by atoms with Crippen LogP contribution >= 0.6 is 0 Å². The fourth-order valence-electron chi connectivity index (χ4n) is 3.15. The minimum Gasteiger partial charge on any atom is -0.482 e. The SMILES string of the molecule is O=C(O)COc1cccc(NC(=O)C2CCCN(C(=O)Nc3ccccc3)C2)c1. The molecule has 29 heavy (non-hydrogen) atoms. The number of para-hydroxylation sites is 1. The summed E-state index contributed by atoms with van der Waals surface area (Å²) in [6.07, 6.45) is 1.43. The third kappa shape index (κ3) is 5.97. The Balaban J connectivity index is 1.56. The molecule has 1 saturated heterocycles. The number of carboxylic acid groups (broad SMARTS) is 1. The van der Waals surface area contributed by atoms with Crippen LogP contribution in [-0.2, 0) is 9.59 Å². The number of carbonyl (C=O) groups is 3. The predicted octanol–water partition coefficient (Wildman–Crippen LogP) is 3.03. The Morgan fingerprint density at radius 1 is 1.03 bits per heavy atom. The van der Waals surface area contributed by atoms with Crippen molar-refractivity contribution in [3.8, 4) is 5.75 Å². The second-order valence-corrected chi connectivity index (χ2v) is 6.78. The van der Waals surface area contributed by atoms with Gasteiger partial charge in [0.05, 0.1) is 5.92 Å². The fourth-order valence-corrected chi connectivity index (χ4v) is 3.15. The molecule has 0 radical (unpaired) electrons. The number of benzene rings is 2. The van der Waals surface area contributed by atoms with Gasteiger partial charge in [0.25, 0.3) is 0 Å². The molecule has 0 bridgehead atoms. The van der Waals surface area contributed by atoms with Crippen LogP contribution in [0.5, 0.6) is 5.75 Å². The summed E-state index contributed by atoms with van der Waals surface area (Å²) < 4.78 is 5.13. The Morgan fingerprint density at radius 3 is 2.55 bits per heavy atom. The Hall–Kier alpha value is -3.55. The van der Waals surface area contributed by atoms with Gasteiger partial charge in [-0.05, 0) is 37.1 Å². The van der Waals surface area contributed by atoms with E-state index in [1.165, 1.54) is 0 Å². The maximum absolute atomic E-state index is 12.7. The number of nitrogens with zero attached hydrogens (tertiary/aromatic N) is 1. The molecule has 1 atom stereocenters. The maximum atomic E-state index is 12.7. The fraction of sp³-hybridized carbons (Fsp3) is 0.286. The molecular weight excluding hydrogens is 374 g/mol. The highest BCUT2D eigenvalue weighted by Gasteiger charge is 2.28. The first-order valence-electron chi connectivity index (χ1n) is 9.38. The second-order valence-electron chi connectivity index (χ2n) is 6.78. The average Bonchev–Trinajstić information content (AvgIpc) is 2.73. The topological polar surface area (TPSA) is 108 Å². The van der Waals surface area contributed by atoms with E-state index in [1.54, 1.807) is 29.2 Å². The normalized spacial score (nSPS) is 16.0. The van der Waals surface area contributed by atoms with Gasteiger partial charge in [0.2, 0.25) is 5.91 Å². The number of aliphatic carboxylic acids is 1. The standard InChI is InChI=1S/C21H23N3O5/c25-19(26)14-29-18-10-4-9-17(12-18)22-20(27)15-6-5-11-24(13-15)21(28)23-16-7-2-1-3-8-16/h1-4,7-10,12,15H,5-6,11,13-14H2,(H,22,27)(H,23,28)(H,25,26). The van der Waals surface area contributed by atoms with E-state index in [1.807, 2.05) is 30.3 Å². The Kier molecular flexibility index (Phi) is 6.67.